The fraction of sp³-hybridized carbons (Fsp3) is 0.727. The van der Waals surface area contributed by atoms with E-state index in [4.69, 9.17) is 11.6 Å². The summed E-state index contributed by atoms with van der Waals surface area (Å²) in [6.07, 6.45) is 1.98. The summed E-state index contributed by atoms with van der Waals surface area (Å²) in [4.78, 5) is 0. The Hall–Kier alpha value is -0.0200. The first kappa shape index (κ1) is 13.0. The second-order valence-corrected chi connectivity index (χ2v) is 5.43. The van der Waals surface area contributed by atoms with Crippen LogP contribution in [0, 0.1) is 12.8 Å². The van der Waals surface area contributed by atoms with Crippen molar-refractivity contribution in [1.29, 1.82) is 0 Å². The van der Waals surface area contributed by atoms with Crippen LogP contribution in [0.2, 0.25) is 0 Å². The van der Waals surface area contributed by atoms with Crippen molar-refractivity contribution < 1.29 is 0 Å². The number of nitrogens with zero attached hydrogens (tertiary/aromatic N) is 2. The maximum absolute atomic E-state index is 6.23. The maximum atomic E-state index is 6.23. The minimum Gasteiger partial charge on any atom is -0.271 e. The lowest BCUT2D eigenvalue weighted by Crippen LogP contribution is -2.15. The van der Waals surface area contributed by atoms with Crippen LogP contribution in [-0.4, -0.2) is 15.2 Å². The number of rotatable bonds is 4. The highest BCUT2D eigenvalue weighted by atomic mass is 79.9. The van der Waals surface area contributed by atoms with Crippen LogP contribution in [-0.2, 0) is 13.5 Å². The van der Waals surface area contributed by atoms with Gasteiger partial charge in [-0.2, -0.15) is 5.10 Å². The Labute approximate surface area is 105 Å². The van der Waals surface area contributed by atoms with Crippen LogP contribution in [0.15, 0.2) is 4.47 Å². The van der Waals surface area contributed by atoms with Crippen molar-refractivity contribution in [3.63, 3.8) is 0 Å². The first-order valence-electron chi connectivity index (χ1n) is 5.29. The van der Waals surface area contributed by atoms with Gasteiger partial charge in [-0.3, -0.25) is 4.68 Å². The van der Waals surface area contributed by atoms with E-state index in [0.717, 1.165) is 23.0 Å². The summed E-state index contributed by atoms with van der Waals surface area (Å²) in [7, 11) is 1.98. The Morgan fingerprint density at radius 1 is 1.53 bits per heavy atom. The Kier molecular flexibility index (Phi) is 4.65. The largest absolute Gasteiger partial charge is 0.271 e. The average Bonchev–Trinajstić information content (AvgIpc) is 2.43. The van der Waals surface area contributed by atoms with Crippen molar-refractivity contribution in [3.05, 3.63) is 15.9 Å². The molecule has 0 saturated carbocycles. The molecule has 0 bridgehead atoms. The molecule has 0 spiro atoms. The lowest BCUT2D eigenvalue weighted by Gasteiger charge is -2.16. The van der Waals surface area contributed by atoms with Gasteiger partial charge in [-0.05, 0) is 41.6 Å². The molecule has 0 radical (unpaired) electrons. The van der Waals surface area contributed by atoms with Crippen molar-refractivity contribution >= 4 is 27.5 Å². The third kappa shape index (κ3) is 2.97. The lowest BCUT2D eigenvalue weighted by molar-refractivity contribution is 0.509. The first-order valence-corrected chi connectivity index (χ1v) is 6.52. The van der Waals surface area contributed by atoms with E-state index in [1.54, 1.807) is 0 Å². The van der Waals surface area contributed by atoms with E-state index in [-0.39, 0.29) is 5.38 Å². The first-order chi connectivity index (χ1) is 6.97. The van der Waals surface area contributed by atoms with E-state index in [1.165, 1.54) is 5.69 Å². The molecule has 0 aliphatic rings. The monoisotopic (exact) mass is 292 g/mol. The van der Waals surface area contributed by atoms with Crippen LogP contribution in [0.4, 0.5) is 0 Å². The molecule has 0 aromatic carbocycles. The van der Waals surface area contributed by atoms with Gasteiger partial charge in [0.2, 0.25) is 0 Å². The molecule has 4 heteroatoms. The molecule has 2 unspecified atom stereocenters. The Bertz CT molecular complexity index is 336. The van der Waals surface area contributed by atoms with E-state index in [9.17, 15) is 0 Å². The molecule has 2 nitrogen and oxygen atoms in total. The highest BCUT2D eigenvalue weighted by molar-refractivity contribution is 9.10. The zero-order valence-electron chi connectivity index (χ0n) is 9.72. The molecular weight excluding hydrogens is 275 g/mol. The van der Waals surface area contributed by atoms with Gasteiger partial charge in [-0.1, -0.05) is 13.8 Å². The highest BCUT2D eigenvalue weighted by Gasteiger charge is 2.18. The van der Waals surface area contributed by atoms with E-state index < -0.39 is 0 Å². The maximum Gasteiger partial charge on any atom is 0.0738 e. The highest BCUT2D eigenvalue weighted by Crippen LogP contribution is 2.25. The topological polar surface area (TPSA) is 17.8 Å². The number of hydrogen-bond donors (Lipinski definition) is 0. The van der Waals surface area contributed by atoms with Crippen LogP contribution in [0.1, 0.15) is 31.7 Å². The standard InChI is InChI=1S/C11H18BrClN2/c1-5-9(13)7(2)6-10-11(12)8(3)14-15(10)4/h7,9H,5-6H2,1-4H3. The van der Waals surface area contributed by atoms with Gasteiger partial charge >= 0.3 is 0 Å². The van der Waals surface area contributed by atoms with Gasteiger partial charge in [0.15, 0.2) is 0 Å². The number of aryl methyl sites for hydroxylation is 2. The van der Waals surface area contributed by atoms with Crippen LogP contribution in [0.25, 0.3) is 0 Å². The third-order valence-corrected chi connectivity index (χ3v) is 4.55. The SMILES string of the molecule is CCC(Cl)C(C)Cc1c(Br)c(C)nn1C. The van der Waals surface area contributed by atoms with Gasteiger partial charge in [-0.25, -0.2) is 0 Å². The van der Waals surface area contributed by atoms with Crippen LogP contribution in [0.3, 0.4) is 0 Å². The van der Waals surface area contributed by atoms with E-state index in [0.29, 0.717) is 5.92 Å². The Morgan fingerprint density at radius 2 is 2.13 bits per heavy atom. The van der Waals surface area contributed by atoms with Crippen LogP contribution < -0.4 is 0 Å². The van der Waals surface area contributed by atoms with E-state index in [2.05, 4.69) is 34.9 Å². The molecular formula is C11H18BrClN2. The average molecular weight is 294 g/mol. The summed E-state index contributed by atoms with van der Waals surface area (Å²) in [6.45, 7) is 6.32. The smallest absolute Gasteiger partial charge is 0.0738 e. The lowest BCUT2D eigenvalue weighted by atomic mass is 9.99. The predicted molar refractivity (Wildman–Crippen MR) is 68.4 cm³/mol. The molecule has 1 aromatic rings. The zero-order valence-corrected chi connectivity index (χ0v) is 12.1. The van der Waals surface area contributed by atoms with Crippen LogP contribution >= 0.6 is 27.5 Å². The van der Waals surface area contributed by atoms with Gasteiger partial charge < -0.3 is 0 Å². The number of halogens is 2. The fourth-order valence-electron chi connectivity index (χ4n) is 1.74. The molecule has 1 rings (SSSR count). The summed E-state index contributed by atoms with van der Waals surface area (Å²) < 4.78 is 3.06. The van der Waals surface area contributed by atoms with Crippen molar-refractivity contribution in [1.82, 2.24) is 9.78 Å². The number of hydrogen-bond acceptors (Lipinski definition) is 1. The third-order valence-electron chi connectivity index (χ3n) is 2.78. The zero-order chi connectivity index (χ0) is 11.6. The molecule has 15 heavy (non-hydrogen) atoms. The van der Waals surface area contributed by atoms with Gasteiger partial charge in [-0.15, -0.1) is 11.6 Å². The van der Waals surface area contributed by atoms with Crippen molar-refractivity contribution in [2.75, 3.05) is 0 Å². The second-order valence-electron chi connectivity index (χ2n) is 4.08. The summed E-state index contributed by atoms with van der Waals surface area (Å²) >= 11 is 9.81. The molecule has 0 saturated heterocycles. The van der Waals surface area contributed by atoms with E-state index in [1.807, 2.05) is 18.7 Å². The van der Waals surface area contributed by atoms with Gasteiger partial charge in [0.1, 0.15) is 0 Å². The van der Waals surface area contributed by atoms with Crippen molar-refractivity contribution in [3.8, 4) is 0 Å². The predicted octanol–water partition coefficient (Wildman–Crippen LogP) is 3.69. The fourth-order valence-corrected chi connectivity index (χ4v) is 2.32. The second kappa shape index (κ2) is 5.35. The van der Waals surface area contributed by atoms with Gasteiger partial charge in [0.05, 0.1) is 15.9 Å². The molecule has 0 aliphatic heterocycles. The molecule has 1 aromatic heterocycles. The molecule has 0 aliphatic carbocycles. The molecule has 86 valence electrons. The van der Waals surface area contributed by atoms with Crippen LogP contribution in [0.5, 0.6) is 0 Å². The van der Waals surface area contributed by atoms with Crippen molar-refractivity contribution in [2.24, 2.45) is 13.0 Å². The summed E-state index contributed by atoms with van der Waals surface area (Å²) in [6, 6.07) is 0. The molecule has 0 fully saturated rings. The summed E-state index contributed by atoms with van der Waals surface area (Å²) in [5.74, 6) is 0.475. The Morgan fingerprint density at radius 3 is 2.53 bits per heavy atom. The minimum atomic E-state index is 0.243. The van der Waals surface area contributed by atoms with Gasteiger partial charge in [0.25, 0.3) is 0 Å². The molecule has 2 atom stereocenters. The number of alkyl halides is 1. The number of aromatic nitrogens is 2. The van der Waals surface area contributed by atoms with Gasteiger partial charge in [0, 0.05) is 12.4 Å². The quantitative estimate of drug-likeness (QED) is 0.774. The Balaban J connectivity index is 2.80. The molecule has 0 amide bonds. The normalized spacial score (nSPS) is 15.3. The van der Waals surface area contributed by atoms with Crippen molar-refractivity contribution in [2.45, 2.75) is 39.0 Å². The molecule has 1 heterocycles. The summed E-state index contributed by atoms with van der Waals surface area (Å²) in [5.41, 5.74) is 2.28. The summed E-state index contributed by atoms with van der Waals surface area (Å²) in [5, 5.41) is 4.62. The van der Waals surface area contributed by atoms with E-state index >= 15 is 0 Å². The minimum absolute atomic E-state index is 0.243. The molecule has 0 N–H and O–H groups in total.